The quantitative estimate of drug-likeness (QED) is 0.544. The largest absolute Gasteiger partial charge is 0.353 e. The molecule has 2 saturated carbocycles. The van der Waals surface area contributed by atoms with E-state index in [9.17, 15) is 13.6 Å². The molecule has 0 aromatic heterocycles. The maximum Gasteiger partial charge on any atom is 0.257 e. The van der Waals surface area contributed by atoms with Gasteiger partial charge in [-0.05, 0) is 6.42 Å². The predicted molar refractivity (Wildman–Crippen MR) is 32.0 cm³/mol. The third-order valence-electron chi connectivity index (χ3n) is 3.21. The van der Waals surface area contributed by atoms with E-state index >= 15 is 0 Å². The van der Waals surface area contributed by atoms with Gasteiger partial charge in [-0.25, -0.2) is 8.78 Å². The molecule has 3 rings (SSSR count). The zero-order valence-corrected chi connectivity index (χ0v) is 5.68. The number of halogens is 2. The minimum absolute atomic E-state index is 0.159. The monoisotopic (exact) mass is 159 g/mol. The number of amides is 1. The van der Waals surface area contributed by atoms with Crippen LogP contribution in [0.5, 0.6) is 0 Å². The number of piperidine rings is 1. The Balaban J connectivity index is 2.00. The van der Waals surface area contributed by atoms with E-state index in [0.29, 0.717) is 6.42 Å². The van der Waals surface area contributed by atoms with Gasteiger partial charge >= 0.3 is 0 Å². The van der Waals surface area contributed by atoms with Crippen molar-refractivity contribution in [1.29, 1.82) is 0 Å². The minimum Gasteiger partial charge on any atom is -0.353 e. The lowest BCUT2D eigenvalue weighted by Gasteiger charge is -2.06. The lowest BCUT2D eigenvalue weighted by molar-refractivity contribution is -0.124. The number of nitrogens with one attached hydrogen (secondary N) is 1. The van der Waals surface area contributed by atoms with Crippen molar-refractivity contribution in [2.75, 3.05) is 0 Å². The lowest BCUT2D eigenvalue weighted by atomic mass is 10.1. The van der Waals surface area contributed by atoms with Gasteiger partial charge in [0.25, 0.3) is 5.92 Å². The molecule has 0 unspecified atom stereocenters. The van der Waals surface area contributed by atoms with E-state index in [2.05, 4.69) is 5.32 Å². The number of hydrogen-bond donors (Lipinski definition) is 1. The zero-order valence-electron chi connectivity index (χ0n) is 5.68. The molecular formula is C7H7F2NO. The van der Waals surface area contributed by atoms with Crippen molar-refractivity contribution in [2.24, 2.45) is 17.8 Å². The third-order valence-corrected chi connectivity index (χ3v) is 3.21. The Hall–Kier alpha value is -0.670. The Kier molecular flexibility index (Phi) is 0.698. The summed E-state index contributed by atoms with van der Waals surface area (Å²) in [5.74, 6) is -4.20. The normalized spacial score (nSPS) is 55.6. The molecule has 0 aromatic rings. The topological polar surface area (TPSA) is 29.1 Å². The van der Waals surface area contributed by atoms with Crippen LogP contribution >= 0.6 is 0 Å². The molecule has 4 atom stereocenters. The Morgan fingerprint density at radius 1 is 1.45 bits per heavy atom. The van der Waals surface area contributed by atoms with Crippen LogP contribution in [0.4, 0.5) is 8.78 Å². The van der Waals surface area contributed by atoms with Crippen molar-refractivity contribution in [1.82, 2.24) is 5.32 Å². The first-order chi connectivity index (χ1) is 5.12. The summed E-state index contributed by atoms with van der Waals surface area (Å²) in [5.41, 5.74) is 0. The van der Waals surface area contributed by atoms with Crippen LogP contribution in [0.2, 0.25) is 0 Å². The van der Waals surface area contributed by atoms with Gasteiger partial charge in [-0.2, -0.15) is 0 Å². The number of hydrogen-bond acceptors (Lipinski definition) is 1. The molecule has 4 heteroatoms. The molecule has 1 aliphatic heterocycles. The highest BCUT2D eigenvalue weighted by Gasteiger charge is 2.80. The number of alkyl halides is 2. The fourth-order valence-corrected chi connectivity index (χ4v) is 2.69. The summed E-state index contributed by atoms with van der Waals surface area (Å²) in [7, 11) is 0. The van der Waals surface area contributed by atoms with Crippen LogP contribution in [0.3, 0.4) is 0 Å². The van der Waals surface area contributed by atoms with Gasteiger partial charge < -0.3 is 5.32 Å². The van der Waals surface area contributed by atoms with Crippen molar-refractivity contribution >= 4 is 5.91 Å². The van der Waals surface area contributed by atoms with E-state index in [1.165, 1.54) is 0 Å². The second kappa shape index (κ2) is 1.30. The van der Waals surface area contributed by atoms with E-state index in [1.54, 1.807) is 0 Å². The van der Waals surface area contributed by atoms with Crippen LogP contribution in [0, 0.1) is 17.8 Å². The van der Waals surface area contributed by atoms with Gasteiger partial charge in [-0.3, -0.25) is 4.79 Å². The van der Waals surface area contributed by atoms with Gasteiger partial charge in [0.15, 0.2) is 0 Å². The number of fused-ring (bicyclic) bond motifs is 5. The number of carbonyl (C=O) groups excluding carboxylic acids is 1. The van der Waals surface area contributed by atoms with Crippen LogP contribution in [0.1, 0.15) is 6.42 Å². The Bertz CT molecular complexity index is 253. The van der Waals surface area contributed by atoms with Crippen LogP contribution in [0.25, 0.3) is 0 Å². The highest BCUT2D eigenvalue weighted by Crippen LogP contribution is 2.68. The van der Waals surface area contributed by atoms with Gasteiger partial charge in [0.2, 0.25) is 5.91 Å². The standard InChI is InChI=1S/C7H7F2NO/c8-7(9)4-2-1-3(5(4)7)10-6(2)11/h2-5H,1H2,(H,10,11)/t2-,3-,4+,5+/m0/s1. The van der Waals surface area contributed by atoms with Gasteiger partial charge in [0.1, 0.15) is 0 Å². The van der Waals surface area contributed by atoms with Crippen LogP contribution < -0.4 is 5.32 Å². The smallest absolute Gasteiger partial charge is 0.257 e. The van der Waals surface area contributed by atoms with Crippen molar-refractivity contribution in [3.8, 4) is 0 Å². The highest BCUT2D eigenvalue weighted by atomic mass is 19.3. The summed E-state index contributed by atoms with van der Waals surface area (Å²) in [6.45, 7) is 0. The first-order valence-electron chi connectivity index (χ1n) is 3.80. The summed E-state index contributed by atoms with van der Waals surface area (Å²) in [4.78, 5) is 10.9. The summed E-state index contributed by atoms with van der Waals surface area (Å²) < 4.78 is 25.5. The van der Waals surface area contributed by atoms with Gasteiger partial charge in [-0.1, -0.05) is 0 Å². The van der Waals surface area contributed by atoms with Crippen LogP contribution in [-0.4, -0.2) is 17.9 Å². The molecule has 60 valence electrons. The second-order valence-electron chi connectivity index (χ2n) is 3.68. The molecular weight excluding hydrogens is 152 g/mol. The van der Waals surface area contributed by atoms with E-state index in [4.69, 9.17) is 0 Å². The van der Waals surface area contributed by atoms with Crippen molar-refractivity contribution in [3.05, 3.63) is 0 Å². The van der Waals surface area contributed by atoms with Crippen molar-refractivity contribution < 1.29 is 13.6 Å². The van der Waals surface area contributed by atoms with Gasteiger partial charge in [0.05, 0.1) is 5.92 Å². The molecule has 1 amide bonds. The van der Waals surface area contributed by atoms with E-state index < -0.39 is 17.8 Å². The Labute approximate surface area is 62.0 Å². The van der Waals surface area contributed by atoms with E-state index in [-0.39, 0.29) is 17.9 Å². The number of carbonyl (C=O) groups is 1. The van der Waals surface area contributed by atoms with Crippen molar-refractivity contribution in [3.63, 3.8) is 0 Å². The maximum absolute atomic E-state index is 12.8. The van der Waals surface area contributed by atoms with E-state index in [1.807, 2.05) is 0 Å². The lowest BCUT2D eigenvalue weighted by Crippen LogP contribution is -2.32. The zero-order chi connectivity index (χ0) is 7.80. The molecule has 3 fully saturated rings. The molecule has 0 radical (unpaired) electrons. The molecule has 3 aliphatic rings. The average molecular weight is 159 g/mol. The molecule has 2 aliphatic carbocycles. The fourth-order valence-electron chi connectivity index (χ4n) is 2.69. The third kappa shape index (κ3) is 0.451. The predicted octanol–water partition coefficient (Wildman–Crippen LogP) is 0.386. The van der Waals surface area contributed by atoms with Crippen LogP contribution in [0.15, 0.2) is 0 Å². The molecule has 0 spiro atoms. The van der Waals surface area contributed by atoms with Gasteiger partial charge in [-0.15, -0.1) is 0 Å². The first-order valence-corrected chi connectivity index (χ1v) is 3.80. The Morgan fingerprint density at radius 3 is 2.73 bits per heavy atom. The summed E-state index contributed by atoms with van der Waals surface area (Å²) in [6, 6.07) is -0.215. The maximum atomic E-state index is 12.8. The van der Waals surface area contributed by atoms with Crippen LogP contribution in [-0.2, 0) is 4.79 Å². The second-order valence-corrected chi connectivity index (χ2v) is 3.68. The molecule has 1 saturated heterocycles. The molecule has 11 heavy (non-hydrogen) atoms. The van der Waals surface area contributed by atoms with E-state index in [0.717, 1.165) is 0 Å². The SMILES string of the molecule is O=C1N[C@H]2C[C@H]1[C@@H]1[C@@H]2C1(F)F. The molecule has 2 bridgehead atoms. The van der Waals surface area contributed by atoms with Crippen molar-refractivity contribution in [2.45, 2.75) is 18.4 Å². The molecule has 2 nitrogen and oxygen atoms in total. The fraction of sp³-hybridized carbons (Fsp3) is 0.857. The summed E-state index contributed by atoms with van der Waals surface area (Å²) in [6.07, 6.45) is 0.643. The summed E-state index contributed by atoms with van der Waals surface area (Å²) >= 11 is 0. The molecule has 0 aromatic carbocycles. The average Bonchev–Trinajstić information content (AvgIpc) is 2.25. The first kappa shape index (κ1) is 5.91. The highest BCUT2D eigenvalue weighted by molar-refractivity contribution is 5.84. The van der Waals surface area contributed by atoms with Gasteiger partial charge in [0, 0.05) is 17.9 Å². The Morgan fingerprint density at radius 2 is 2.18 bits per heavy atom. The summed E-state index contributed by atoms with van der Waals surface area (Å²) in [5, 5.41) is 2.58. The number of rotatable bonds is 0. The molecule has 1 N–H and O–H groups in total. The molecule has 1 heterocycles. The minimum atomic E-state index is -2.53.